The molecule has 1 heterocycles. The first kappa shape index (κ1) is 17.7. The fourth-order valence-corrected chi connectivity index (χ4v) is 2.80. The molecule has 1 nitrogen and oxygen atoms in total. The van der Waals surface area contributed by atoms with Crippen molar-refractivity contribution < 1.29 is 0 Å². The van der Waals surface area contributed by atoms with Gasteiger partial charge in [0.25, 0.3) is 0 Å². The maximum absolute atomic E-state index is 4.44. The average molecular weight is 315 g/mol. The normalized spacial score (nSPS) is 10.9. The number of hydrogen-bond acceptors (Lipinski definition) is 1. The number of benzene rings is 2. The molecular formula is C23H25N. The lowest BCUT2D eigenvalue weighted by molar-refractivity contribution is 1.23. The molecule has 0 amide bonds. The Bertz CT molecular complexity index is 872. The first-order valence-electron chi connectivity index (χ1n) is 8.21. The Hall–Kier alpha value is -2.67. The van der Waals surface area contributed by atoms with Crippen molar-refractivity contribution in [2.45, 2.75) is 27.7 Å². The number of fused-ring (bicyclic) bond motifs is 1. The molecule has 0 aliphatic carbocycles. The van der Waals surface area contributed by atoms with Crippen molar-refractivity contribution in [2.75, 3.05) is 0 Å². The molecule has 0 aliphatic rings. The molecule has 0 N–H and O–H groups in total. The van der Waals surface area contributed by atoms with Crippen LogP contribution in [0, 0.1) is 20.8 Å². The van der Waals surface area contributed by atoms with Gasteiger partial charge in [0.05, 0.1) is 5.52 Å². The molecule has 1 heteroatoms. The van der Waals surface area contributed by atoms with Crippen LogP contribution in [0.15, 0.2) is 73.3 Å². The van der Waals surface area contributed by atoms with Crippen LogP contribution < -0.4 is 0 Å². The fraction of sp³-hybridized carbons (Fsp3) is 0.174. The van der Waals surface area contributed by atoms with Gasteiger partial charge in [0.2, 0.25) is 0 Å². The van der Waals surface area contributed by atoms with Crippen LogP contribution in [0.4, 0.5) is 0 Å². The number of hydrogen-bond donors (Lipinski definition) is 0. The van der Waals surface area contributed by atoms with Crippen molar-refractivity contribution >= 4 is 16.5 Å². The summed E-state index contributed by atoms with van der Waals surface area (Å²) in [6.07, 6.45) is 3.85. The number of aryl methyl sites for hydroxylation is 3. The number of para-hydroxylation sites is 1. The van der Waals surface area contributed by atoms with E-state index < -0.39 is 0 Å². The Kier molecular flexibility index (Phi) is 6.08. The lowest BCUT2D eigenvalue weighted by atomic mass is 10.0. The molecular weight excluding hydrogens is 290 g/mol. The molecule has 0 spiro atoms. The largest absolute Gasteiger partial charge is 0.253 e. The van der Waals surface area contributed by atoms with E-state index in [0.717, 1.165) is 11.2 Å². The van der Waals surface area contributed by atoms with E-state index >= 15 is 0 Å². The lowest BCUT2D eigenvalue weighted by Crippen LogP contribution is -1.85. The summed E-state index contributed by atoms with van der Waals surface area (Å²) >= 11 is 0. The first-order chi connectivity index (χ1) is 11.5. The molecule has 122 valence electrons. The standard InChI is InChI=1S/C12H14.C11H11N/c1-4-7-10(2)12-9-6-5-8-11(12)3;1-8-7-9(2)12-11-6-4-3-5-10(8)11/h4-9H,1H2,2-3H3;3-7H,1-2H3/b10-7-;. The summed E-state index contributed by atoms with van der Waals surface area (Å²) in [6, 6.07) is 18.7. The van der Waals surface area contributed by atoms with Crippen molar-refractivity contribution in [3.05, 3.63) is 95.7 Å². The molecule has 0 radical (unpaired) electrons. The van der Waals surface area contributed by atoms with Crippen molar-refractivity contribution in [3.8, 4) is 0 Å². The van der Waals surface area contributed by atoms with Gasteiger partial charge in [0, 0.05) is 11.1 Å². The Morgan fingerprint density at radius 1 is 0.917 bits per heavy atom. The van der Waals surface area contributed by atoms with E-state index in [0.29, 0.717) is 0 Å². The number of rotatable bonds is 2. The van der Waals surface area contributed by atoms with Crippen molar-refractivity contribution in [1.82, 2.24) is 4.98 Å². The van der Waals surface area contributed by atoms with E-state index in [4.69, 9.17) is 0 Å². The highest BCUT2D eigenvalue weighted by molar-refractivity contribution is 5.81. The summed E-state index contributed by atoms with van der Waals surface area (Å²) in [4.78, 5) is 4.44. The van der Waals surface area contributed by atoms with Gasteiger partial charge in [-0.15, -0.1) is 0 Å². The van der Waals surface area contributed by atoms with Crippen LogP contribution in [0.2, 0.25) is 0 Å². The molecule has 24 heavy (non-hydrogen) atoms. The quantitative estimate of drug-likeness (QED) is 0.496. The van der Waals surface area contributed by atoms with Gasteiger partial charge in [-0.1, -0.05) is 61.2 Å². The fourth-order valence-electron chi connectivity index (χ4n) is 2.80. The Balaban J connectivity index is 0.000000174. The van der Waals surface area contributed by atoms with Gasteiger partial charge >= 0.3 is 0 Å². The SMILES string of the molecule is C=C/C=C(/C)c1ccccc1C.Cc1cc(C)c2ccccc2n1. The number of nitrogens with zero attached hydrogens (tertiary/aromatic N) is 1. The zero-order valence-corrected chi connectivity index (χ0v) is 15.0. The summed E-state index contributed by atoms with van der Waals surface area (Å²) in [5.41, 5.74) is 7.37. The molecule has 3 aromatic rings. The molecule has 2 aromatic carbocycles. The Morgan fingerprint density at radius 3 is 2.29 bits per heavy atom. The number of aromatic nitrogens is 1. The summed E-state index contributed by atoms with van der Waals surface area (Å²) in [5, 5.41) is 1.25. The average Bonchev–Trinajstić information content (AvgIpc) is 2.56. The molecule has 0 unspecified atom stereocenters. The topological polar surface area (TPSA) is 12.9 Å². The van der Waals surface area contributed by atoms with Crippen molar-refractivity contribution in [2.24, 2.45) is 0 Å². The van der Waals surface area contributed by atoms with Crippen molar-refractivity contribution in [3.63, 3.8) is 0 Å². The second-order valence-electron chi connectivity index (χ2n) is 6.00. The molecule has 0 saturated heterocycles. The Morgan fingerprint density at radius 2 is 1.58 bits per heavy atom. The third-order valence-electron chi connectivity index (χ3n) is 3.99. The summed E-state index contributed by atoms with van der Waals surface area (Å²) in [5.74, 6) is 0. The minimum atomic E-state index is 1.09. The highest BCUT2D eigenvalue weighted by Gasteiger charge is 1.97. The van der Waals surface area contributed by atoms with Gasteiger partial charge in [0.1, 0.15) is 0 Å². The van der Waals surface area contributed by atoms with E-state index in [9.17, 15) is 0 Å². The van der Waals surface area contributed by atoms with Crippen LogP contribution in [-0.2, 0) is 0 Å². The van der Waals surface area contributed by atoms with E-state index in [1.54, 1.807) is 0 Å². The summed E-state index contributed by atoms with van der Waals surface area (Å²) < 4.78 is 0. The van der Waals surface area contributed by atoms with Gasteiger partial charge in [-0.3, -0.25) is 4.98 Å². The van der Waals surface area contributed by atoms with Gasteiger partial charge in [-0.2, -0.15) is 0 Å². The van der Waals surface area contributed by atoms with Crippen LogP contribution in [0.25, 0.3) is 16.5 Å². The minimum absolute atomic E-state index is 1.09. The monoisotopic (exact) mass is 315 g/mol. The minimum Gasteiger partial charge on any atom is -0.253 e. The molecule has 0 aliphatic heterocycles. The van der Waals surface area contributed by atoms with Crippen molar-refractivity contribution in [1.29, 1.82) is 0 Å². The first-order valence-corrected chi connectivity index (χ1v) is 8.21. The van der Waals surface area contributed by atoms with Gasteiger partial charge in [-0.25, -0.2) is 0 Å². The van der Waals surface area contributed by atoms with E-state index in [2.05, 4.69) is 74.8 Å². The zero-order chi connectivity index (χ0) is 17.5. The zero-order valence-electron chi connectivity index (χ0n) is 15.0. The third-order valence-corrected chi connectivity index (χ3v) is 3.99. The van der Waals surface area contributed by atoms with E-state index in [1.165, 1.54) is 27.6 Å². The summed E-state index contributed by atoms with van der Waals surface area (Å²) in [7, 11) is 0. The molecule has 1 aromatic heterocycles. The number of allylic oxidation sites excluding steroid dienone is 3. The summed E-state index contributed by atoms with van der Waals surface area (Å²) in [6.45, 7) is 12.1. The smallest absolute Gasteiger partial charge is 0.0707 e. The molecule has 3 rings (SSSR count). The molecule has 0 saturated carbocycles. The van der Waals surface area contributed by atoms with Crippen LogP contribution in [0.3, 0.4) is 0 Å². The van der Waals surface area contributed by atoms with Gasteiger partial charge in [-0.05, 0) is 62.1 Å². The maximum atomic E-state index is 4.44. The molecule has 0 atom stereocenters. The van der Waals surface area contributed by atoms with Crippen LogP contribution in [0.5, 0.6) is 0 Å². The molecule has 0 fully saturated rings. The number of pyridine rings is 1. The van der Waals surface area contributed by atoms with Gasteiger partial charge in [0.15, 0.2) is 0 Å². The van der Waals surface area contributed by atoms with Gasteiger partial charge < -0.3 is 0 Å². The predicted molar refractivity (Wildman–Crippen MR) is 106 cm³/mol. The maximum Gasteiger partial charge on any atom is 0.0707 e. The third kappa shape index (κ3) is 4.42. The van der Waals surface area contributed by atoms with Crippen LogP contribution in [-0.4, -0.2) is 4.98 Å². The Labute approximate surface area is 145 Å². The van der Waals surface area contributed by atoms with E-state index in [1.807, 2.05) is 31.2 Å². The lowest BCUT2D eigenvalue weighted by Gasteiger charge is -2.03. The van der Waals surface area contributed by atoms with Crippen LogP contribution in [0.1, 0.15) is 29.3 Å². The highest BCUT2D eigenvalue weighted by Crippen LogP contribution is 2.17. The van der Waals surface area contributed by atoms with E-state index in [-0.39, 0.29) is 0 Å². The van der Waals surface area contributed by atoms with Crippen LogP contribution >= 0.6 is 0 Å². The molecule has 0 bridgehead atoms. The second-order valence-corrected chi connectivity index (χ2v) is 6.00. The predicted octanol–water partition coefficient (Wildman–Crippen LogP) is 6.44. The second kappa shape index (κ2) is 8.26. The highest BCUT2D eigenvalue weighted by atomic mass is 14.7.